The summed E-state index contributed by atoms with van der Waals surface area (Å²) < 4.78 is 30.6. The molecule has 0 bridgehead atoms. The third-order valence-corrected chi connectivity index (χ3v) is 3.62. The molecule has 0 spiro atoms. The zero-order valence-corrected chi connectivity index (χ0v) is 10.5. The van der Waals surface area contributed by atoms with Crippen LogP contribution in [0.1, 0.15) is 10.4 Å². The van der Waals surface area contributed by atoms with Crippen molar-refractivity contribution in [2.24, 2.45) is 0 Å². The fourth-order valence-corrected chi connectivity index (χ4v) is 2.29. The van der Waals surface area contributed by atoms with Gasteiger partial charge in [-0.05, 0) is 18.2 Å². The lowest BCUT2D eigenvalue weighted by Gasteiger charge is -2.08. The maximum absolute atomic E-state index is 11.8. The summed E-state index contributed by atoms with van der Waals surface area (Å²) in [5.41, 5.74) is 5.21. The second-order valence-corrected chi connectivity index (χ2v) is 5.21. The van der Waals surface area contributed by atoms with Gasteiger partial charge in [0.15, 0.2) is 0 Å². The summed E-state index contributed by atoms with van der Waals surface area (Å²) in [6.07, 6.45) is 0. The molecule has 0 aromatic heterocycles. The highest BCUT2D eigenvalue weighted by Gasteiger charge is 2.17. The first-order valence-electron chi connectivity index (χ1n) is 5.00. The number of nitrogen functional groups attached to an aromatic ring is 1. The van der Waals surface area contributed by atoms with Gasteiger partial charge in [-0.25, -0.2) is 17.9 Å². The standard InChI is InChI=1S/C10H14N2O5S/c1-17-5-4-12-18(15,16)7-2-3-9(11)8(6-7)10(13)14/h2-3,6,12H,4-5,11H2,1H3,(H,13,14). The topological polar surface area (TPSA) is 119 Å². The van der Waals surface area contributed by atoms with E-state index in [0.29, 0.717) is 0 Å². The number of methoxy groups -OCH3 is 1. The molecule has 0 aliphatic heterocycles. The predicted molar refractivity (Wildman–Crippen MR) is 64.9 cm³/mol. The number of nitrogens with one attached hydrogen (secondary N) is 1. The Balaban J connectivity index is 3.02. The van der Waals surface area contributed by atoms with Gasteiger partial charge >= 0.3 is 5.97 Å². The van der Waals surface area contributed by atoms with Crippen molar-refractivity contribution in [3.63, 3.8) is 0 Å². The van der Waals surface area contributed by atoms with E-state index in [0.717, 1.165) is 6.07 Å². The molecular weight excluding hydrogens is 260 g/mol. The van der Waals surface area contributed by atoms with Crippen LogP contribution >= 0.6 is 0 Å². The van der Waals surface area contributed by atoms with Gasteiger partial charge in [0.05, 0.1) is 17.1 Å². The number of benzene rings is 1. The van der Waals surface area contributed by atoms with Gasteiger partial charge in [0.1, 0.15) is 0 Å². The second kappa shape index (κ2) is 5.80. The molecule has 0 heterocycles. The highest BCUT2D eigenvalue weighted by molar-refractivity contribution is 7.89. The fraction of sp³-hybridized carbons (Fsp3) is 0.300. The van der Waals surface area contributed by atoms with Crippen LogP contribution in [0.3, 0.4) is 0 Å². The molecule has 1 aromatic rings. The maximum atomic E-state index is 11.8. The molecule has 100 valence electrons. The van der Waals surface area contributed by atoms with E-state index in [1.54, 1.807) is 0 Å². The minimum absolute atomic E-state index is 0.0124. The third-order valence-electron chi connectivity index (χ3n) is 2.16. The quantitative estimate of drug-likeness (QED) is 0.492. The molecule has 0 unspecified atom stereocenters. The van der Waals surface area contributed by atoms with Gasteiger partial charge in [-0.3, -0.25) is 0 Å². The van der Waals surface area contributed by atoms with E-state index in [1.807, 2.05) is 0 Å². The summed E-state index contributed by atoms with van der Waals surface area (Å²) in [7, 11) is -2.31. The van der Waals surface area contributed by atoms with Crippen LogP contribution in [0.15, 0.2) is 23.1 Å². The summed E-state index contributed by atoms with van der Waals surface area (Å²) in [6, 6.07) is 3.51. The summed E-state index contributed by atoms with van der Waals surface area (Å²) in [6.45, 7) is 0.325. The Bertz CT molecular complexity index is 541. The number of carboxylic acid groups (broad SMARTS) is 1. The van der Waals surface area contributed by atoms with Gasteiger partial charge in [0, 0.05) is 19.3 Å². The first-order valence-corrected chi connectivity index (χ1v) is 6.48. The van der Waals surface area contributed by atoms with E-state index in [1.165, 1.54) is 19.2 Å². The molecule has 4 N–H and O–H groups in total. The molecular formula is C10H14N2O5S. The fourth-order valence-electron chi connectivity index (χ4n) is 1.25. The third kappa shape index (κ3) is 3.42. The molecule has 0 radical (unpaired) electrons. The number of hydrogen-bond donors (Lipinski definition) is 3. The van der Waals surface area contributed by atoms with Crippen LogP contribution in [0.4, 0.5) is 5.69 Å². The number of carboxylic acids is 1. The van der Waals surface area contributed by atoms with Crippen LogP contribution in [-0.4, -0.2) is 39.8 Å². The number of anilines is 1. The van der Waals surface area contributed by atoms with Gasteiger partial charge in [-0.2, -0.15) is 0 Å². The lowest BCUT2D eigenvalue weighted by Crippen LogP contribution is -2.27. The molecule has 0 saturated carbocycles. The molecule has 1 rings (SSSR count). The Morgan fingerprint density at radius 1 is 1.50 bits per heavy atom. The van der Waals surface area contributed by atoms with Crippen LogP contribution in [-0.2, 0) is 14.8 Å². The molecule has 0 aliphatic carbocycles. The van der Waals surface area contributed by atoms with Gasteiger partial charge < -0.3 is 15.6 Å². The van der Waals surface area contributed by atoms with Crippen LogP contribution in [0.5, 0.6) is 0 Å². The first kappa shape index (κ1) is 14.4. The molecule has 0 atom stereocenters. The monoisotopic (exact) mass is 274 g/mol. The SMILES string of the molecule is COCCNS(=O)(=O)c1ccc(N)c(C(=O)O)c1. The van der Waals surface area contributed by atoms with Gasteiger partial charge in [0.25, 0.3) is 0 Å². The first-order chi connectivity index (χ1) is 8.38. The zero-order valence-electron chi connectivity index (χ0n) is 9.71. The Morgan fingerprint density at radius 2 is 2.17 bits per heavy atom. The Morgan fingerprint density at radius 3 is 2.72 bits per heavy atom. The number of nitrogens with two attached hydrogens (primary N) is 1. The average Bonchev–Trinajstić information content (AvgIpc) is 2.29. The average molecular weight is 274 g/mol. The van der Waals surface area contributed by atoms with E-state index in [-0.39, 0.29) is 29.3 Å². The zero-order chi connectivity index (χ0) is 13.8. The van der Waals surface area contributed by atoms with Gasteiger partial charge in [-0.1, -0.05) is 0 Å². The van der Waals surface area contributed by atoms with Gasteiger partial charge in [-0.15, -0.1) is 0 Å². The normalized spacial score (nSPS) is 11.4. The summed E-state index contributed by atoms with van der Waals surface area (Å²) in [5, 5.41) is 8.85. The second-order valence-electron chi connectivity index (χ2n) is 3.44. The van der Waals surface area contributed by atoms with Crippen molar-refractivity contribution >= 4 is 21.7 Å². The van der Waals surface area contributed by atoms with E-state index in [2.05, 4.69) is 4.72 Å². The highest BCUT2D eigenvalue weighted by Crippen LogP contribution is 2.17. The minimum Gasteiger partial charge on any atom is -0.478 e. The minimum atomic E-state index is -3.75. The molecule has 0 fully saturated rings. The van der Waals surface area contributed by atoms with Crippen molar-refractivity contribution in [1.29, 1.82) is 0 Å². The smallest absolute Gasteiger partial charge is 0.337 e. The molecule has 0 saturated heterocycles. The molecule has 1 aromatic carbocycles. The lowest BCUT2D eigenvalue weighted by molar-refractivity contribution is 0.0698. The van der Waals surface area contributed by atoms with E-state index in [9.17, 15) is 13.2 Å². The molecule has 8 heteroatoms. The number of aromatic carboxylic acids is 1. The van der Waals surface area contributed by atoms with Crippen LogP contribution < -0.4 is 10.5 Å². The molecule has 7 nitrogen and oxygen atoms in total. The number of ether oxygens (including phenoxy) is 1. The Hall–Kier alpha value is -1.64. The van der Waals surface area contributed by atoms with Crippen molar-refractivity contribution in [1.82, 2.24) is 4.72 Å². The van der Waals surface area contributed by atoms with Crippen molar-refractivity contribution in [3.05, 3.63) is 23.8 Å². The number of hydrogen-bond acceptors (Lipinski definition) is 5. The summed E-state index contributed by atoms with van der Waals surface area (Å²) >= 11 is 0. The van der Waals surface area contributed by atoms with Crippen molar-refractivity contribution in [2.75, 3.05) is 26.0 Å². The van der Waals surface area contributed by atoms with Crippen LogP contribution in [0.25, 0.3) is 0 Å². The Kier molecular flexibility index (Phi) is 4.65. The number of sulfonamides is 1. The van der Waals surface area contributed by atoms with Gasteiger partial charge in [0.2, 0.25) is 10.0 Å². The van der Waals surface area contributed by atoms with Crippen molar-refractivity contribution in [3.8, 4) is 0 Å². The van der Waals surface area contributed by atoms with E-state index in [4.69, 9.17) is 15.6 Å². The van der Waals surface area contributed by atoms with E-state index >= 15 is 0 Å². The van der Waals surface area contributed by atoms with Crippen LogP contribution in [0, 0.1) is 0 Å². The van der Waals surface area contributed by atoms with Crippen molar-refractivity contribution in [2.45, 2.75) is 4.90 Å². The summed E-state index contributed by atoms with van der Waals surface area (Å²) in [5.74, 6) is -1.28. The maximum Gasteiger partial charge on any atom is 0.337 e. The molecule has 18 heavy (non-hydrogen) atoms. The molecule has 0 aliphatic rings. The Labute approximate surface area is 105 Å². The lowest BCUT2D eigenvalue weighted by atomic mass is 10.2. The summed E-state index contributed by atoms with van der Waals surface area (Å²) in [4.78, 5) is 10.7. The van der Waals surface area contributed by atoms with Crippen LogP contribution in [0.2, 0.25) is 0 Å². The molecule has 0 amide bonds. The highest BCUT2D eigenvalue weighted by atomic mass is 32.2. The van der Waals surface area contributed by atoms with Crippen molar-refractivity contribution < 1.29 is 23.1 Å². The predicted octanol–water partition coefficient (Wildman–Crippen LogP) is -0.108. The largest absolute Gasteiger partial charge is 0.478 e. The number of rotatable bonds is 6. The van der Waals surface area contributed by atoms with E-state index < -0.39 is 16.0 Å². The number of carbonyl (C=O) groups is 1.